The van der Waals surface area contributed by atoms with Gasteiger partial charge in [0.2, 0.25) is 11.7 Å². The Balaban J connectivity index is 2.09. The summed E-state index contributed by atoms with van der Waals surface area (Å²) in [6.07, 6.45) is 1.69. The van der Waals surface area contributed by atoms with Crippen LogP contribution < -0.4 is 5.32 Å². The summed E-state index contributed by atoms with van der Waals surface area (Å²) in [6.45, 7) is 5.09. The molecule has 2 rings (SSSR count). The maximum atomic E-state index is 10.8. The minimum Gasteiger partial charge on any atom is -0.339 e. The highest BCUT2D eigenvalue weighted by Gasteiger charge is 2.14. The van der Waals surface area contributed by atoms with Gasteiger partial charge < -0.3 is 9.84 Å². The van der Waals surface area contributed by atoms with Crippen LogP contribution in [0.15, 0.2) is 28.8 Å². The third-order valence-corrected chi connectivity index (χ3v) is 3.01. The Kier molecular flexibility index (Phi) is 4.99. The van der Waals surface area contributed by atoms with E-state index >= 15 is 0 Å². The van der Waals surface area contributed by atoms with Crippen molar-refractivity contribution in [2.24, 2.45) is 0 Å². The van der Waals surface area contributed by atoms with Crippen LogP contribution >= 0.6 is 0 Å². The lowest BCUT2D eigenvalue weighted by Gasteiger charge is -2.09. The van der Waals surface area contributed by atoms with Crippen LogP contribution in [0, 0.1) is 10.1 Å². The average molecular weight is 290 g/mol. The Hall–Kier alpha value is -2.28. The number of benzene rings is 1. The molecule has 0 aliphatic rings. The minimum absolute atomic E-state index is 0.0110. The van der Waals surface area contributed by atoms with E-state index in [4.69, 9.17) is 4.52 Å². The summed E-state index contributed by atoms with van der Waals surface area (Å²) in [4.78, 5) is 14.6. The Morgan fingerprint density at radius 1 is 1.48 bits per heavy atom. The predicted molar refractivity (Wildman–Crippen MR) is 77.8 cm³/mol. The van der Waals surface area contributed by atoms with Crippen LogP contribution in [0.25, 0.3) is 11.4 Å². The van der Waals surface area contributed by atoms with Gasteiger partial charge in [0.1, 0.15) is 0 Å². The maximum absolute atomic E-state index is 10.8. The van der Waals surface area contributed by atoms with Crippen molar-refractivity contribution >= 4 is 5.69 Å². The largest absolute Gasteiger partial charge is 0.339 e. The highest BCUT2D eigenvalue weighted by Crippen LogP contribution is 2.21. The Bertz CT molecular complexity index is 612. The molecular formula is C14H18N4O3. The number of nitro benzene ring substituents is 1. The molecule has 1 aromatic carbocycles. The summed E-state index contributed by atoms with van der Waals surface area (Å²) in [6, 6.07) is 6.44. The van der Waals surface area contributed by atoms with Crippen molar-refractivity contribution in [1.29, 1.82) is 0 Å². The predicted octanol–water partition coefficient (Wildman–Crippen LogP) is 2.58. The third-order valence-electron chi connectivity index (χ3n) is 3.01. The van der Waals surface area contributed by atoms with Gasteiger partial charge in [-0.2, -0.15) is 4.98 Å². The van der Waals surface area contributed by atoms with Gasteiger partial charge in [-0.1, -0.05) is 24.2 Å². The molecule has 1 atom stereocenters. The molecule has 0 radical (unpaired) electrons. The number of aromatic nitrogens is 2. The van der Waals surface area contributed by atoms with Gasteiger partial charge in [0.05, 0.1) is 4.92 Å². The van der Waals surface area contributed by atoms with Crippen molar-refractivity contribution in [1.82, 2.24) is 15.5 Å². The lowest BCUT2D eigenvalue weighted by molar-refractivity contribution is -0.384. The number of non-ortho nitro benzene ring substituents is 1. The molecule has 0 saturated carbocycles. The molecule has 0 aliphatic heterocycles. The molecule has 0 aliphatic carbocycles. The molecule has 0 saturated heterocycles. The normalized spacial score (nSPS) is 12.3. The number of hydrogen-bond donors (Lipinski definition) is 1. The Labute approximate surface area is 122 Å². The number of nitrogens with zero attached hydrogens (tertiary/aromatic N) is 3. The lowest BCUT2D eigenvalue weighted by atomic mass is 10.2. The number of hydrogen-bond acceptors (Lipinski definition) is 6. The maximum Gasteiger partial charge on any atom is 0.270 e. The topological polar surface area (TPSA) is 94.1 Å². The summed E-state index contributed by atoms with van der Waals surface area (Å²) in [5.41, 5.74) is 0.588. The SMILES string of the molecule is CCCNC(C)Cc1nc(-c2cccc([N+](=O)[O-])c2)no1. The second kappa shape index (κ2) is 6.94. The monoisotopic (exact) mass is 290 g/mol. The van der Waals surface area contributed by atoms with Gasteiger partial charge in [-0.05, 0) is 19.9 Å². The number of nitro groups is 1. The molecular weight excluding hydrogens is 272 g/mol. The third kappa shape index (κ3) is 4.09. The molecule has 0 fully saturated rings. The standard InChI is InChI=1S/C14H18N4O3/c1-3-7-15-10(2)8-13-16-14(17-21-13)11-5-4-6-12(9-11)18(19)20/h4-6,9-10,15H,3,7-8H2,1-2H3. The van der Waals surface area contributed by atoms with E-state index in [9.17, 15) is 10.1 Å². The molecule has 1 N–H and O–H groups in total. The van der Waals surface area contributed by atoms with Crippen LogP contribution in [0.2, 0.25) is 0 Å². The first-order valence-corrected chi connectivity index (χ1v) is 6.91. The van der Waals surface area contributed by atoms with E-state index in [0.717, 1.165) is 13.0 Å². The van der Waals surface area contributed by atoms with Gasteiger partial charge >= 0.3 is 0 Å². The fourth-order valence-electron chi connectivity index (χ4n) is 1.94. The molecule has 7 heteroatoms. The quantitative estimate of drug-likeness (QED) is 0.622. The summed E-state index contributed by atoms with van der Waals surface area (Å²) in [7, 11) is 0. The van der Waals surface area contributed by atoms with Crippen molar-refractivity contribution in [2.45, 2.75) is 32.7 Å². The highest BCUT2D eigenvalue weighted by atomic mass is 16.6. The molecule has 21 heavy (non-hydrogen) atoms. The van der Waals surface area contributed by atoms with Crippen molar-refractivity contribution in [2.75, 3.05) is 6.54 Å². The summed E-state index contributed by atoms with van der Waals surface area (Å²) >= 11 is 0. The zero-order valence-corrected chi connectivity index (χ0v) is 12.1. The van der Waals surface area contributed by atoms with Crippen molar-refractivity contribution < 1.29 is 9.45 Å². The second-order valence-electron chi connectivity index (χ2n) is 4.88. The van der Waals surface area contributed by atoms with Crippen LogP contribution in [0.1, 0.15) is 26.2 Å². The van der Waals surface area contributed by atoms with Gasteiger partial charge in [0.25, 0.3) is 5.69 Å². The summed E-state index contributed by atoms with van der Waals surface area (Å²) < 4.78 is 5.20. The van der Waals surface area contributed by atoms with Crippen molar-refractivity contribution in [3.05, 3.63) is 40.3 Å². The molecule has 112 valence electrons. The fraction of sp³-hybridized carbons (Fsp3) is 0.429. The highest BCUT2D eigenvalue weighted by molar-refractivity contribution is 5.58. The van der Waals surface area contributed by atoms with Crippen LogP contribution in [0.5, 0.6) is 0 Å². The van der Waals surface area contributed by atoms with Crippen LogP contribution in [0.3, 0.4) is 0 Å². The van der Waals surface area contributed by atoms with Gasteiger partial charge in [0, 0.05) is 30.2 Å². The van der Waals surface area contributed by atoms with Crippen molar-refractivity contribution in [3.8, 4) is 11.4 Å². The molecule has 7 nitrogen and oxygen atoms in total. The first-order valence-electron chi connectivity index (χ1n) is 6.91. The molecule has 2 aromatic rings. The van der Waals surface area contributed by atoms with Gasteiger partial charge in [-0.25, -0.2) is 0 Å². The van der Waals surface area contributed by atoms with Gasteiger partial charge in [-0.3, -0.25) is 10.1 Å². The molecule has 1 unspecified atom stereocenters. The van der Waals surface area contributed by atoms with Crippen LogP contribution in [0.4, 0.5) is 5.69 Å². The van der Waals surface area contributed by atoms with E-state index in [0.29, 0.717) is 23.7 Å². The second-order valence-corrected chi connectivity index (χ2v) is 4.88. The fourth-order valence-corrected chi connectivity index (χ4v) is 1.94. The van der Waals surface area contributed by atoms with E-state index in [1.54, 1.807) is 12.1 Å². The molecule has 0 spiro atoms. The molecule has 1 aromatic heterocycles. The molecule has 0 bridgehead atoms. The zero-order chi connectivity index (χ0) is 15.2. The van der Waals surface area contributed by atoms with E-state index in [2.05, 4.69) is 22.4 Å². The van der Waals surface area contributed by atoms with Crippen LogP contribution in [-0.4, -0.2) is 27.7 Å². The number of nitrogens with one attached hydrogen (secondary N) is 1. The Morgan fingerprint density at radius 2 is 2.29 bits per heavy atom. The average Bonchev–Trinajstić information content (AvgIpc) is 2.93. The van der Waals surface area contributed by atoms with Crippen LogP contribution in [-0.2, 0) is 6.42 Å². The lowest BCUT2D eigenvalue weighted by Crippen LogP contribution is -2.28. The molecule has 1 heterocycles. The number of rotatable bonds is 7. The zero-order valence-electron chi connectivity index (χ0n) is 12.1. The first-order chi connectivity index (χ1) is 10.1. The van der Waals surface area contributed by atoms with E-state index in [-0.39, 0.29) is 11.7 Å². The summed E-state index contributed by atoms with van der Waals surface area (Å²) in [5, 5.41) is 18.0. The Morgan fingerprint density at radius 3 is 3.00 bits per heavy atom. The first kappa shape index (κ1) is 15.1. The van der Waals surface area contributed by atoms with Gasteiger partial charge in [0.15, 0.2) is 0 Å². The van der Waals surface area contributed by atoms with E-state index in [1.807, 2.05) is 6.92 Å². The summed E-state index contributed by atoms with van der Waals surface area (Å²) in [5.74, 6) is 0.893. The minimum atomic E-state index is -0.443. The van der Waals surface area contributed by atoms with Crippen molar-refractivity contribution in [3.63, 3.8) is 0 Å². The van der Waals surface area contributed by atoms with Gasteiger partial charge in [-0.15, -0.1) is 0 Å². The van der Waals surface area contributed by atoms with E-state index < -0.39 is 4.92 Å². The smallest absolute Gasteiger partial charge is 0.270 e. The molecule has 0 amide bonds. The van der Waals surface area contributed by atoms with E-state index in [1.165, 1.54) is 12.1 Å².